The molecule has 6 nitrogen and oxygen atoms in total. The molecule has 0 saturated carbocycles. The van der Waals surface area contributed by atoms with Crippen LogP contribution in [0.25, 0.3) is 0 Å². The molecule has 2 unspecified atom stereocenters. The van der Waals surface area contributed by atoms with Crippen LogP contribution in [-0.2, 0) is 9.59 Å². The molecule has 0 aromatic heterocycles. The molecule has 0 radical (unpaired) electrons. The Hall–Kier alpha value is 2.13. The van der Waals surface area contributed by atoms with Crippen molar-refractivity contribution in [3.63, 3.8) is 0 Å². The minimum atomic E-state index is -2.38. The Bertz CT molecular complexity index is 142. The molecule has 2 atom stereocenters. The van der Waals surface area contributed by atoms with Gasteiger partial charge < -0.3 is 25.2 Å². The third-order valence-electron chi connectivity index (χ3n) is 0.794. The average Bonchev–Trinajstić information content (AvgIpc) is 1.84. The van der Waals surface area contributed by atoms with Crippen LogP contribution in [0.2, 0.25) is 0 Å². The van der Waals surface area contributed by atoms with Crippen LogP contribution in [-0.4, -0.2) is 90.9 Å². The SMILES string of the molecule is O=C([O-])C(O)C(O)C(=O)O.[K+].[KH]. The molecule has 0 aliphatic rings. The molecule has 0 aromatic carbocycles. The van der Waals surface area contributed by atoms with E-state index in [1.807, 2.05) is 0 Å². The summed E-state index contributed by atoms with van der Waals surface area (Å²) in [6.45, 7) is 0. The molecule has 0 aliphatic heterocycles. The first-order chi connectivity index (χ1) is 4.46. The summed E-state index contributed by atoms with van der Waals surface area (Å²) >= 11 is 0. The molecule has 0 heterocycles. The monoisotopic (exact) mass is 228 g/mol. The van der Waals surface area contributed by atoms with Crippen LogP contribution in [0, 0.1) is 0 Å². The fourth-order valence-electron chi connectivity index (χ4n) is 0.264. The Labute approximate surface area is 153 Å². The van der Waals surface area contributed by atoms with Crippen molar-refractivity contribution in [1.29, 1.82) is 0 Å². The Kier molecular flexibility index (Phi) is 15.9. The number of aliphatic hydroxyl groups is 2. The average molecular weight is 228 g/mol. The van der Waals surface area contributed by atoms with Crippen LogP contribution in [0.3, 0.4) is 0 Å². The molecule has 0 spiro atoms. The summed E-state index contributed by atoms with van der Waals surface area (Å²) in [4.78, 5) is 19.4. The van der Waals surface area contributed by atoms with E-state index in [1.165, 1.54) is 0 Å². The first-order valence-corrected chi connectivity index (χ1v) is 2.26. The van der Waals surface area contributed by atoms with Gasteiger partial charge in [0.15, 0.2) is 6.10 Å². The van der Waals surface area contributed by atoms with E-state index in [-0.39, 0.29) is 103 Å². The van der Waals surface area contributed by atoms with Gasteiger partial charge >= 0.3 is 109 Å². The van der Waals surface area contributed by atoms with Crippen molar-refractivity contribution in [1.82, 2.24) is 0 Å². The first kappa shape index (κ1) is 19.7. The summed E-state index contributed by atoms with van der Waals surface area (Å²) in [6, 6.07) is 0. The van der Waals surface area contributed by atoms with Crippen LogP contribution >= 0.6 is 0 Å². The molecular weight excluding hydrogens is 222 g/mol. The molecule has 0 bridgehead atoms. The number of aliphatic hydroxyl groups excluding tert-OH is 2. The molecule has 0 aromatic rings. The zero-order valence-electron chi connectivity index (χ0n) is 5.72. The third-order valence-corrected chi connectivity index (χ3v) is 0.794. The van der Waals surface area contributed by atoms with Gasteiger partial charge in [-0.25, -0.2) is 4.79 Å². The van der Waals surface area contributed by atoms with Gasteiger partial charge in [0.2, 0.25) is 0 Å². The van der Waals surface area contributed by atoms with Gasteiger partial charge in [-0.2, -0.15) is 0 Å². The van der Waals surface area contributed by atoms with Crippen LogP contribution in [0.1, 0.15) is 0 Å². The number of carboxylic acids is 2. The van der Waals surface area contributed by atoms with E-state index in [0.717, 1.165) is 0 Å². The molecule has 12 heavy (non-hydrogen) atoms. The van der Waals surface area contributed by atoms with E-state index in [9.17, 15) is 14.7 Å². The molecule has 8 heteroatoms. The van der Waals surface area contributed by atoms with Crippen molar-refractivity contribution in [2.45, 2.75) is 12.2 Å². The second-order valence-corrected chi connectivity index (χ2v) is 1.55. The molecule has 3 N–H and O–H groups in total. The zero-order chi connectivity index (χ0) is 8.31. The summed E-state index contributed by atoms with van der Waals surface area (Å²) in [5.41, 5.74) is 0. The number of carbonyl (C=O) groups excluding carboxylic acids is 1. The van der Waals surface area contributed by atoms with Crippen LogP contribution in [0.15, 0.2) is 0 Å². The van der Waals surface area contributed by atoms with Crippen molar-refractivity contribution in [2.24, 2.45) is 0 Å². The molecule has 0 amide bonds. The maximum absolute atomic E-state index is 9.74. The summed E-state index contributed by atoms with van der Waals surface area (Å²) in [5, 5.41) is 34.1. The maximum atomic E-state index is 9.74. The third kappa shape index (κ3) is 7.53. The topological polar surface area (TPSA) is 118 Å². The van der Waals surface area contributed by atoms with E-state index in [0.29, 0.717) is 0 Å². The quantitative estimate of drug-likeness (QED) is 0.413. The number of hydrogen-bond acceptors (Lipinski definition) is 5. The van der Waals surface area contributed by atoms with Gasteiger partial charge in [-0.15, -0.1) is 0 Å². The molecular formula is C4H6K2O6. The Morgan fingerprint density at radius 2 is 1.50 bits per heavy atom. The number of carbonyl (C=O) groups is 2. The second kappa shape index (κ2) is 9.68. The molecule has 60 valence electrons. The van der Waals surface area contributed by atoms with Gasteiger partial charge in [-0.3, -0.25) is 0 Å². The number of rotatable bonds is 3. The zero-order valence-corrected chi connectivity index (χ0v) is 8.84. The van der Waals surface area contributed by atoms with E-state index >= 15 is 0 Å². The van der Waals surface area contributed by atoms with E-state index in [2.05, 4.69) is 0 Å². The van der Waals surface area contributed by atoms with Crippen molar-refractivity contribution in [3.8, 4) is 0 Å². The van der Waals surface area contributed by atoms with Gasteiger partial charge in [0.05, 0.1) is 5.97 Å². The van der Waals surface area contributed by atoms with Crippen molar-refractivity contribution < 1.29 is 81.4 Å². The Balaban J connectivity index is -0.000000405. The van der Waals surface area contributed by atoms with Crippen molar-refractivity contribution in [2.75, 3.05) is 0 Å². The van der Waals surface area contributed by atoms with Crippen LogP contribution < -0.4 is 56.5 Å². The summed E-state index contributed by atoms with van der Waals surface area (Å²) in [7, 11) is 0. The van der Waals surface area contributed by atoms with Crippen molar-refractivity contribution in [3.05, 3.63) is 0 Å². The van der Waals surface area contributed by atoms with Crippen molar-refractivity contribution >= 4 is 63.3 Å². The summed E-state index contributed by atoms with van der Waals surface area (Å²) < 4.78 is 0. The molecule has 0 fully saturated rings. The molecule has 0 saturated heterocycles. The molecule has 0 rings (SSSR count). The van der Waals surface area contributed by atoms with E-state index < -0.39 is 24.1 Å². The fourth-order valence-corrected chi connectivity index (χ4v) is 0.264. The number of hydrogen-bond donors (Lipinski definition) is 3. The number of aliphatic carboxylic acids is 2. The fraction of sp³-hybridized carbons (Fsp3) is 0.500. The van der Waals surface area contributed by atoms with Gasteiger partial charge in [0, 0.05) is 0 Å². The van der Waals surface area contributed by atoms with Gasteiger partial charge in [-0.1, -0.05) is 0 Å². The normalized spacial score (nSPS) is 13.2. The van der Waals surface area contributed by atoms with Crippen LogP contribution in [0.5, 0.6) is 0 Å². The number of carboxylic acid groups (broad SMARTS) is 2. The van der Waals surface area contributed by atoms with Gasteiger partial charge in [-0.05, 0) is 0 Å². The van der Waals surface area contributed by atoms with E-state index in [4.69, 9.17) is 15.3 Å². The summed E-state index contributed by atoms with van der Waals surface area (Å²) in [6.07, 6.45) is -4.71. The minimum absolute atomic E-state index is 0. The Morgan fingerprint density at radius 3 is 1.58 bits per heavy atom. The van der Waals surface area contributed by atoms with Crippen LogP contribution in [0.4, 0.5) is 0 Å². The second-order valence-electron chi connectivity index (χ2n) is 1.55. The predicted molar refractivity (Wildman–Crippen MR) is 31.8 cm³/mol. The summed E-state index contributed by atoms with van der Waals surface area (Å²) in [5.74, 6) is -3.83. The predicted octanol–water partition coefficient (Wildman–Crippen LogP) is -7.10. The van der Waals surface area contributed by atoms with Gasteiger partial charge in [0.1, 0.15) is 6.10 Å². The van der Waals surface area contributed by atoms with Gasteiger partial charge in [0.25, 0.3) is 0 Å². The standard InChI is InChI=1S/C4H6O6.2K.H/c5-1(3(7)8)2(6)4(9)10;;;/h1-2,5-6H,(H,7,8)(H,9,10);;;/q;;+1;/p-1. The first-order valence-electron chi connectivity index (χ1n) is 2.26. The molecule has 0 aliphatic carbocycles. The van der Waals surface area contributed by atoms with E-state index in [1.54, 1.807) is 0 Å². The Morgan fingerprint density at radius 1 is 1.17 bits per heavy atom.